The lowest BCUT2D eigenvalue weighted by molar-refractivity contribution is -0.159. The van der Waals surface area contributed by atoms with E-state index in [2.05, 4.69) is 15.7 Å². The molecule has 0 aliphatic rings. The molecule has 1 heterocycles. The van der Waals surface area contributed by atoms with Crippen LogP contribution in [0.15, 0.2) is 36.8 Å². The number of nitrogens with one attached hydrogen (secondary N) is 2. The zero-order valence-electron chi connectivity index (χ0n) is 16.2. The number of hydrazine groups is 1. The molecule has 1 amide bonds. The lowest BCUT2D eigenvalue weighted by Gasteiger charge is -2.22. The van der Waals surface area contributed by atoms with Crippen LogP contribution in [-0.4, -0.2) is 33.6 Å². The highest BCUT2D eigenvalue weighted by atomic mass is 16.6. The van der Waals surface area contributed by atoms with Crippen LogP contribution in [0.1, 0.15) is 43.7 Å². The van der Waals surface area contributed by atoms with Crippen molar-refractivity contribution in [1.82, 2.24) is 20.3 Å². The van der Waals surface area contributed by atoms with Crippen molar-refractivity contribution < 1.29 is 14.3 Å². The third kappa shape index (κ3) is 5.90. The summed E-state index contributed by atoms with van der Waals surface area (Å²) < 4.78 is 7.04. The summed E-state index contributed by atoms with van der Waals surface area (Å²) in [7, 11) is 0. The van der Waals surface area contributed by atoms with Crippen LogP contribution >= 0.6 is 0 Å². The second-order valence-electron chi connectivity index (χ2n) is 7.36. The number of nitrogens with zero attached hydrogens (tertiary/aromatic N) is 2. The molecule has 1 aromatic heterocycles. The zero-order valence-corrected chi connectivity index (χ0v) is 16.2. The number of carbonyl (C=O) groups is 2. The summed E-state index contributed by atoms with van der Waals surface area (Å²) in [5.74, 6) is 4.32. The lowest BCUT2D eigenvalue weighted by atomic mass is 10.1. The molecule has 0 aliphatic carbocycles. The van der Waals surface area contributed by atoms with Gasteiger partial charge in [0.05, 0.1) is 18.4 Å². The maximum Gasteiger partial charge on any atom is 0.310 e. The van der Waals surface area contributed by atoms with Crippen molar-refractivity contribution in [2.45, 2.75) is 39.8 Å². The molecule has 146 valence electrons. The molecule has 0 aliphatic heterocycles. The van der Waals surface area contributed by atoms with E-state index in [1.165, 1.54) is 6.20 Å². The van der Waals surface area contributed by atoms with Gasteiger partial charge in [0.15, 0.2) is 0 Å². The van der Waals surface area contributed by atoms with E-state index < -0.39 is 11.5 Å². The van der Waals surface area contributed by atoms with Gasteiger partial charge < -0.3 is 10.1 Å². The summed E-state index contributed by atoms with van der Waals surface area (Å²) >= 11 is 0. The number of nitrogen functional groups attached to an aromatic ring is 1. The smallest absolute Gasteiger partial charge is 0.310 e. The van der Waals surface area contributed by atoms with E-state index in [1.807, 2.05) is 52.0 Å². The Kier molecular flexibility index (Phi) is 6.70. The number of hydrogen-bond donors (Lipinski definition) is 3. The van der Waals surface area contributed by atoms with Crippen LogP contribution in [0.2, 0.25) is 0 Å². The lowest BCUT2D eigenvalue weighted by Crippen LogP contribution is -2.32. The molecule has 0 unspecified atom stereocenters. The molecule has 0 fully saturated rings. The third-order valence-corrected chi connectivity index (χ3v) is 3.78. The fourth-order valence-electron chi connectivity index (χ4n) is 2.48. The second kappa shape index (κ2) is 8.79. The van der Waals surface area contributed by atoms with E-state index in [9.17, 15) is 9.59 Å². The van der Waals surface area contributed by atoms with Gasteiger partial charge in [0, 0.05) is 18.8 Å². The SMILES string of the molecule is C[C@@H](CNCc1cccc(-n2cncc2C(=O)NN)c1)C(=O)OC(C)(C)C. The van der Waals surface area contributed by atoms with Gasteiger partial charge in [-0.25, -0.2) is 10.8 Å². The molecular formula is C19H27N5O3. The average Bonchev–Trinajstić information content (AvgIpc) is 3.09. The predicted octanol–water partition coefficient (Wildman–Crippen LogP) is 1.54. The van der Waals surface area contributed by atoms with E-state index in [0.29, 0.717) is 18.8 Å². The number of ether oxygens (including phenoxy) is 1. The molecule has 1 atom stereocenters. The van der Waals surface area contributed by atoms with E-state index in [0.717, 1.165) is 11.3 Å². The molecule has 0 bridgehead atoms. The maximum absolute atomic E-state index is 12.0. The number of aromatic nitrogens is 2. The number of hydrogen-bond acceptors (Lipinski definition) is 6. The van der Waals surface area contributed by atoms with Crippen LogP contribution in [0.25, 0.3) is 5.69 Å². The Bertz CT molecular complexity index is 795. The number of benzene rings is 1. The minimum Gasteiger partial charge on any atom is -0.460 e. The summed E-state index contributed by atoms with van der Waals surface area (Å²) in [5.41, 5.74) is 3.78. The standard InChI is InChI=1S/C19H27N5O3/c1-13(18(26)27-19(2,3)4)9-21-10-14-6-5-7-15(8-14)24-12-22-11-16(24)17(25)23-20/h5-8,11-13,21H,9-10,20H2,1-4H3,(H,23,25)/t13-/m0/s1. The highest BCUT2D eigenvalue weighted by Crippen LogP contribution is 2.14. The molecular weight excluding hydrogens is 346 g/mol. The number of nitrogens with two attached hydrogens (primary N) is 1. The van der Waals surface area contributed by atoms with Gasteiger partial charge in [-0.1, -0.05) is 19.1 Å². The molecule has 1 aromatic carbocycles. The zero-order chi connectivity index (χ0) is 20.0. The molecule has 4 N–H and O–H groups in total. The summed E-state index contributed by atoms with van der Waals surface area (Å²) in [6, 6.07) is 7.68. The van der Waals surface area contributed by atoms with Gasteiger partial charge in [-0.2, -0.15) is 0 Å². The van der Waals surface area contributed by atoms with Gasteiger partial charge in [-0.05, 0) is 38.5 Å². The monoisotopic (exact) mass is 373 g/mol. The Morgan fingerprint density at radius 3 is 2.74 bits per heavy atom. The van der Waals surface area contributed by atoms with Crippen molar-refractivity contribution in [3.63, 3.8) is 0 Å². The minimum absolute atomic E-state index is 0.223. The highest BCUT2D eigenvalue weighted by molar-refractivity contribution is 5.92. The molecule has 27 heavy (non-hydrogen) atoms. The molecule has 0 saturated carbocycles. The van der Waals surface area contributed by atoms with E-state index in [1.54, 1.807) is 10.9 Å². The average molecular weight is 373 g/mol. The van der Waals surface area contributed by atoms with E-state index in [-0.39, 0.29) is 11.9 Å². The number of rotatable bonds is 7. The molecule has 2 aromatic rings. The Morgan fingerprint density at radius 2 is 2.07 bits per heavy atom. The van der Waals surface area contributed by atoms with Crippen molar-refractivity contribution in [3.05, 3.63) is 48.0 Å². The van der Waals surface area contributed by atoms with Crippen molar-refractivity contribution >= 4 is 11.9 Å². The van der Waals surface area contributed by atoms with Crippen molar-refractivity contribution in [2.24, 2.45) is 11.8 Å². The summed E-state index contributed by atoms with van der Waals surface area (Å²) in [4.78, 5) is 27.8. The van der Waals surface area contributed by atoms with Crippen LogP contribution < -0.4 is 16.6 Å². The first kappa shape index (κ1) is 20.6. The summed E-state index contributed by atoms with van der Waals surface area (Å²) in [5, 5.41) is 3.26. The Hall–Kier alpha value is -2.71. The first-order valence-electron chi connectivity index (χ1n) is 8.77. The van der Waals surface area contributed by atoms with Crippen molar-refractivity contribution in [1.29, 1.82) is 0 Å². The van der Waals surface area contributed by atoms with Gasteiger partial charge in [-0.15, -0.1) is 0 Å². The first-order valence-corrected chi connectivity index (χ1v) is 8.77. The first-order chi connectivity index (χ1) is 12.7. The normalized spacial score (nSPS) is 12.5. The largest absolute Gasteiger partial charge is 0.460 e. The van der Waals surface area contributed by atoms with Gasteiger partial charge in [0.2, 0.25) is 0 Å². The molecule has 0 radical (unpaired) electrons. The number of amides is 1. The third-order valence-electron chi connectivity index (χ3n) is 3.78. The fourth-order valence-corrected chi connectivity index (χ4v) is 2.48. The summed E-state index contributed by atoms with van der Waals surface area (Å²) in [6.07, 6.45) is 3.01. The van der Waals surface area contributed by atoms with Gasteiger partial charge in [0.25, 0.3) is 5.91 Å². The molecule has 0 spiro atoms. The maximum atomic E-state index is 12.0. The second-order valence-corrected chi connectivity index (χ2v) is 7.36. The highest BCUT2D eigenvalue weighted by Gasteiger charge is 2.21. The minimum atomic E-state index is -0.488. The number of esters is 1. The molecule has 0 saturated heterocycles. The van der Waals surface area contributed by atoms with Crippen molar-refractivity contribution in [3.8, 4) is 5.69 Å². The van der Waals surface area contributed by atoms with Crippen LogP contribution in [0.3, 0.4) is 0 Å². The van der Waals surface area contributed by atoms with E-state index >= 15 is 0 Å². The quantitative estimate of drug-likeness (QED) is 0.294. The van der Waals surface area contributed by atoms with Gasteiger partial charge in [-0.3, -0.25) is 19.6 Å². The van der Waals surface area contributed by atoms with Crippen LogP contribution in [0, 0.1) is 5.92 Å². The molecule has 2 rings (SSSR count). The summed E-state index contributed by atoms with van der Waals surface area (Å²) in [6.45, 7) is 8.48. The van der Waals surface area contributed by atoms with E-state index in [4.69, 9.17) is 10.6 Å². The van der Waals surface area contributed by atoms with Gasteiger partial charge in [0.1, 0.15) is 11.3 Å². The van der Waals surface area contributed by atoms with Crippen LogP contribution in [-0.2, 0) is 16.1 Å². The number of imidazole rings is 1. The predicted molar refractivity (Wildman–Crippen MR) is 102 cm³/mol. The fraction of sp³-hybridized carbons (Fsp3) is 0.421. The van der Waals surface area contributed by atoms with Crippen LogP contribution in [0.5, 0.6) is 0 Å². The Labute approximate surface area is 159 Å². The Balaban J connectivity index is 1.98. The molecule has 8 nitrogen and oxygen atoms in total. The van der Waals surface area contributed by atoms with Crippen molar-refractivity contribution in [2.75, 3.05) is 6.54 Å². The molecule has 8 heteroatoms. The number of carbonyl (C=O) groups excluding carboxylic acids is 2. The van der Waals surface area contributed by atoms with Crippen LogP contribution in [0.4, 0.5) is 0 Å². The Morgan fingerprint density at radius 1 is 1.33 bits per heavy atom. The van der Waals surface area contributed by atoms with Gasteiger partial charge >= 0.3 is 5.97 Å². The topological polar surface area (TPSA) is 111 Å².